The molecule has 0 spiro atoms. The van der Waals surface area contributed by atoms with Crippen LogP contribution in [0.5, 0.6) is 0 Å². The van der Waals surface area contributed by atoms with E-state index in [1.807, 2.05) is 70.2 Å². The molecule has 0 N–H and O–H groups in total. The van der Waals surface area contributed by atoms with E-state index in [4.69, 9.17) is 14.0 Å². The lowest BCUT2D eigenvalue weighted by Crippen LogP contribution is -2.41. The van der Waals surface area contributed by atoms with Crippen molar-refractivity contribution in [1.82, 2.24) is 0 Å². The van der Waals surface area contributed by atoms with Gasteiger partial charge in [0.05, 0.1) is 24.4 Å². The van der Waals surface area contributed by atoms with Crippen LogP contribution in [0.15, 0.2) is 60.8 Å². The van der Waals surface area contributed by atoms with Gasteiger partial charge >= 0.3 is 7.12 Å². The molecule has 0 bridgehead atoms. The monoisotopic (exact) mass is 382 g/mol. The molecular weight excluding hydrogens is 354 g/mol. The molecule has 28 heavy (non-hydrogen) atoms. The Balaban J connectivity index is 2.03. The van der Waals surface area contributed by atoms with Crippen LogP contribution in [-0.2, 0) is 14.0 Å². The zero-order chi connectivity index (χ0) is 20.4. The minimum absolute atomic E-state index is 0.386. The lowest BCUT2D eigenvalue weighted by atomic mass is 9.81. The van der Waals surface area contributed by atoms with Gasteiger partial charge in [0.15, 0.2) is 0 Å². The van der Waals surface area contributed by atoms with Gasteiger partial charge in [-0.15, -0.1) is 6.58 Å². The summed E-state index contributed by atoms with van der Waals surface area (Å²) in [5, 5.41) is 2.06. The molecule has 0 aromatic heterocycles. The summed E-state index contributed by atoms with van der Waals surface area (Å²) in [4.78, 5) is 0. The number of hydrogen-bond donors (Lipinski definition) is 0. The number of ether oxygens (including phenoxy) is 1. The van der Waals surface area contributed by atoms with Crippen molar-refractivity contribution in [3.05, 3.63) is 66.4 Å². The third kappa shape index (κ3) is 4.07. The zero-order valence-electron chi connectivity index (χ0n) is 17.1. The van der Waals surface area contributed by atoms with Crippen molar-refractivity contribution in [1.29, 1.82) is 0 Å². The van der Waals surface area contributed by atoms with Crippen molar-refractivity contribution >= 4 is 23.5 Å². The largest absolute Gasteiger partial charge is 0.525 e. The van der Waals surface area contributed by atoms with Gasteiger partial charge in [-0.05, 0) is 56.0 Å². The molecule has 2 aromatic rings. The highest BCUT2D eigenvalue weighted by molar-refractivity contribution is 6.55. The van der Waals surface area contributed by atoms with E-state index >= 15 is 4.39 Å². The van der Waals surface area contributed by atoms with Crippen LogP contribution >= 0.6 is 0 Å². The Morgan fingerprint density at radius 1 is 1.07 bits per heavy atom. The van der Waals surface area contributed by atoms with Crippen molar-refractivity contribution in [3.8, 4) is 0 Å². The van der Waals surface area contributed by atoms with Crippen molar-refractivity contribution in [3.63, 3.8) is 0 Å². The van der Waals surface area contributed by atoms with Gasteiger partial charge in [0, 0.05) is 0 Å². The second-order valence-corrected chi connectivity index (χ2v) is 8.06. The highest BCUT2D eigenvalue weighted by Crippen LogP contribution is 2.41. The van der Waals surface area contributed by atoms with Crippen LogP contribution in [-0.4, -0.2) is 31.5 Å². The van der Waals surface area contributed by atoms with E-state index in [2.05, 4.69) is 6.58 Å². The van der Waals surface area contributed by atoms with Crippen LogP contribution in [0.1, 0.15) is 39.7 Å². The summed E-state index contributed by atoms with van der Waals surface area (Å²) in [5.41, 5.74) is -0.194. The third-order valence-electron chi connectivity index (χ3n) is 5.60. The molecule has 148 valence electrons. The fourth-order valence-corrected chi connectivity index (χ4v) is 3.30. The van der Waals surface area contributed by atoms with Crippen LogP contribution in [0.4, 0.5) is 4.39 Å². The smallest absolute Gasteiger partial charge is 0.398 e. The second kappa shape index (κ2) is 8.20. The fourth-order valence-electron chi connectivity index (χ4n) is 3.30. The Kier molecular flexibility index (Phi) is 6.08. The molecule has 3 rings (SSSR count). The van der Waals surface area contributed by atoms with Crippen LogP contribution in [0, 0.1) is 0 Å². The van der Waals surface area contributed by atoms with Crippen molar-refractivity contribution in [2.24, 2.45) is 0 Å². The molecular formula is C23H28BFO3. The highest BCUT2D eigenvalue weighted by Gasteiger charge is 2.53. The maximum atomic E-state index is 15.7. The van der Waals surface area contributed by atoms with Gasteiger partial charge in [0.1, 0.15) is 5.73 Å². The number of fused-ring (bicyclic) bond motifs is 1. The maximum Gasteiger partial charge on any atom is 0.525 e. The molecule has 1 fully saturated rings. The van der Waals surface area contributed by atoms with Gasteiger partial charge in [-0.25, -0.2) is 4.39 Å². The highest BCUT2D eigenvalue weighted by atomic mass is 19.1. The normalized spacial score (nSPS) is 19.0. The van der Waals surface area contributed by atoms with Gasteiger partial charge in [0.25, 0.3) is 0 Å². The molecule has 0 amide bonds. The molecule has 1 aliphatic rings. The fraction of sp³-hybridized carbons (Fsp3) is 0.391. The number of hydrogen-bond acceptors (Lipinski definition) is 3. The molecule has 1 saturated heterocycles. The van der Waals surface area contributed by atoms with Crippen molar-refractivity contribution < 1.29 is 18.4 Å². The van der Waals surface area contributed by atoms with Gasteiger partial charge in [-0.1, -0.05) is 48.5 Å². The molecule has 0 unspecified atom stereocenters. The Morgan fingerprint density at radius 2 is 1.71 bits per heavy atom. The number of halogens is 1. The minimum Gasteiger partial charge on any atom is -0.398 e. The summed E-state index contributed by atoms with van der Waals surface area (Å²) in [6, 6.07) is 13.9. The predicted octanol–water partition coefficient (Wildman–Crippen LogP) is 5.74. The predicted molar refractivity (Wildman–Crippen MR) is 114 cm³/mol. The Morgan fingerprint density at radius 3 is 2.39 bits per heavy atom. The molecule has 3 nitrogen and oxygen atoms in total. The topological polar surface area (TPSA) is 27.7 Å². The Bertz CT molecular complexity index is 867. The molecule has 2 aromatic carbocycles. The molecule has 0 saturated carbocycles. The average Bonchev–Trinajstić information content (AvgIpc) is 2.88. The molecule has 1 aliphatic heterocycles. The summed E-state index contributed by atoms with van der Waals surface area (Å²) in [6.07, 6.45) is 2.10. The summed E-state index contributed by atoms with van der Waals surface area (Å²) < 4.78 is 33.2. The third-order valence-corrected chi connectivity index (χ3v) is 5.60. The van der Waals surface area contributed by atoms with Gasteiger partial charge in [-0.2, -0.15) is 0 Å². The maximum absolute atomic E-state index is 15.7. The van der Waals surface area contributed by atoms with E-state index in [1.54, 1.807) is 6.08 Å². The first-order valence-electron chi connectivity index (χ1n) is 9.68. The number of benzene rings is 2. The summed E-state index contributed by atoms with van der Waals surface area (Å²) in [7, 11) is -1.03. The van der Waals surface area contributed by atoms with Gasteiger partial charge in [-0.3, -0.25) is 0 Å². The Hall–Kier alpha value is -1.95. The average molecular weight is 382 g/mol. The molecule has 0 radical (unpaired) electrons. The summed E-state index contributed by atoms with van der Waals surface area (Å²) in [6.45, 7) is 12.2. The molecule has 5 heteroatoms. The van der Waals surface area contributed by atoms with E-state index in [-0.39, 0.29) is 0 Å². The van der Waals surface area contributed by atoms with Crippen molar-refractivity contribution in [2.45, 2.75) is 45.3 Å². The molecule has 0 atom stereocenters. The Labute approximate surface area is 167 Å². The lowest BCUT2D eigenvalue weighted by Gasteiger charge is -2.32. The number of rotatable bonds is 7. The zero-order valence-corrected chi connectivity index (χ0v) is 17.1. The van der Waals surface area contributed by atoms with E-state index in [9.17, 15) is 0 Å². The van der Waals surface area contributed by atoms with E-state index in [0.29, 0.717) is 25.2 Å². The first-order chi connectivity index (χ1) is 13.3. The minimum atomic E-state index is -1.03. The first kappa shape index (κ1) is 20.8. The van der Waals surface area contributed by atoms with Crippen LogP contribution in [0.3, 0.4) is 0 Å². The molecule has 1 heterocycles. The first-order valence-corrected chi connectivity index (χ1v) is 9.68. The SMILES string of the molecule is C=CCOCCC(=C(F)B1OC(C)(C)C(C)(C)O1)c1cccc2ccccc12. The van der Waals surface area contributed by atoms with E-state index in [1.165, 1.54) is 0 Å². The lowest BCUT2D eigenvalue weighted by molar-refractivity contribution is 0.00578. The summed E-state index contributed by atoms with van der Waals surface area (Å²) in [5.74, 6) is 0. The van der Waals surface area contributed by atoms with E-state index < -0.39 is 24.0 Å². The van der Waals surface area contributed by atoms with Crippen LogP contribution in [0.2, 0.25) is 0 Å². The van der Waals surface area contributed by atoms with Crippen molar-refractivity contribution in [2.75, 3.05) is 13.2 Å². The second-order valence-electron chi connectivity index (χ2n) is 8.06. The van der Waals surface area contributed by atoms with Gasteiger partial charge < -0.3 is 14.0 Å². The summed E-state index contributed by atoms with van der Waals surface area (Å²) >= 11 is 0. The molecule has 0 aliphatic carbocycles. The van der Waals surface area contributed by atoms with Gasteiger partial charge in [0.2, 0.25) is 0 Å². The van der Waals surface area contributed by atoms with Crippen LogP contribution < -0.4 is 0 Å². The van der Waals surface area contributed by atoms with E-state index in [0.717, 1.165) is 16.3 Å². The quantitative estimate of drug-likeness (QED) is 0.347. The standard InChI is InChI=1S/C23H28BFO3/c1-6-15-26-16-14-20(19-13-9-11-17-10-7-8-12-18(17)19)21(25)24-27-22(2,3)23(4,5)28-24/h6-13H,1,14-16H2,2-5H3. The van der Waals surface area contributed by atoms with Crippen LogP contribution in [0.25, 0.3) is 16.3 Å².